The summed E-state index contributed by atoms with van der Waals surface area (Å²) in [6.07, 6.45) is 0.225. The van der Waals surface area contributed by atoms with Gasteiger partial charge in [0.2, 0.25) is 0 Å². The fourth-order valence-electron chi connectivity index (χ4n) is 1.21. The second-order valence-electron chi connectivity index (χ2n) is 4.38. The van der Waals surface area contributed by atoms with E-state index in [1.165, 1.54) is 0 Å². The van der Waals surface area contributed by atoms with E-state index in [1.807, 2.05) is 12.1 Å². The lowest BCUT2D eigenvalue weighted by Gasteiger charge is -2.16. The van der Waals surface area contributed by atoms with E-state index in [-0.39, 0.29) is 6.10 Å². The molecule has 0 bridgehead atoms. The van der Waals surface area contributed by atoms with Crippen LogP contribution in [0.5, 0.6) is 0 Å². The summed E-state index contributed by atoms with van der Waals surface area (Å²) in [4.78, 5) is 0. The van der Waals surface area contributed by atoms with Gasteiger partial charge in [-0.2, -0.15) is 0 Å². The molecule has 2 N–H and O–H groups in total. The highest BCUT2D eigenvalue weighted by atomic mass is 16.5. The van der Waals surface area contributed by atoms with E-state index in [0.29, 0.717) is 18.0 Å². The van der Waals surface area contributed by atoms with Crippen molar-refractivity contribution in [3.8, 4) is 0 Å². The van der Waals surface area contributed by atoms with Crippen LogP contribution in [0, 0.1) is 5.92 Å². The lowest BCUT2D eigenvalue weighted by atomic mass is 9.80. The van der Waals surface area contributed by atoms with Gasteiger partial charge in [-0.05, 0) is 23.9 Å². The molecule has 0 aromatic heterocycles. The molecule has 0 radical (unpaired) electrons. The quantitative estimate of drug-likeness (QED) is 0.728. The lowest BCUT2D eigenvalue weighted by molar-refractivity contribution is 0.0235. The Hall–Kier alpha value is -0.835. The van der Waals surface area contributed by atoms with Crippen LogP contribution in [0.25, 0.3) is 0 Å². The molecule has 4 heteroatoms. The molecule has 0 amide bonds. The topological polar surface area (TPSA) is 49.7 Å². The summed E-state index contributed by atoms with van der Waals surface area (Å²) >= 11 is 0. The maximum Gasteiger partial charge on any atom is 0.488 e. The lowest BCUT2D eigenvalue weighted by Crippen LogP contribution is -2.29. The van der Waals surface area contributed by atoms with Crippen LogP contribution in [0.3, 0.4) is 0 Å². The third kappa shape index (κ3) is 3.97. The molecule has 0 saturated carbocycles. The van der Waals surface area contributed by atoms with Crippen molar-refractivity contribution in [3.05, 3.63) is 29.8 Å². The van der Waals surface area contributed by atoms with Gasteiger partial charge in [0.05, 0.1) is 12.7 Å². The Labute approximate surface area is 97.2 Å². The minimum atomic E-state index is -1.40. The van der Waals surface area contributed by atoms with Gasteiger partial charge in [0, 0.05) is 0 Å². The summed E-state index contributed by atoms with van der Waals surface area (Å²) < 4.78 is 5.66. The van der Waals surface area contributed by atoms with Gasteiger partial charge in [0.1, 0.15) is 0 Å². The van der Waals surface area contributed by atoms with Gasteiger partial charge in [-0.25, -0.2) is 0 Å². The largest absolute Gasteiger partial charge is 0.488 e. The predicted octanol–water partition coefficient (Wildman–Crippen LogP) is 0.927. The first-order valence-electron chi connectivity index (χ1n) is 5.57. The van der Waals surface area contributed by atoms with E-state index in [2.05, 4.69) is 20.8 Å². The zero-order chi connectivity index (χ0) is 12.1. The Kier molecular flexibility index (Phi) is 4.99. The average molecular weight is 222 g/mol. The molecule has 16 heavy (non-hydrogen) atoms. The maximum absolute atomic E-state index is 8.93. The summed E-state index contributed by atoms with van der Waals surface area (Å²) in [6, 6.07) is 7.09. The van der Waals surface area contributed by atoms with Crippen LogP contribution >= 0.6 is 0 Å². The first-order chi connectivity index (χ1) is 7.50. The highest BCUT2D eigenvalue weighted by Crippen LogP contribution is 2.09. The summed E-state index contributed by atoms with van der Waals surface area (Å²) in [5.41, 5.74) is 1.54. The fraction of sp³-hybridized carbons (Fsp3) is 0.500. The van der Waals surface area contributed by atoms with Crippen molar-refractivity contribution in [1.29, 1.82) is 0 Å². The van der Waals surface area contributed by atoms with Crippen molar-refractivity contribution in [1.82, 2.24) is 0 Å². The highest BCUT2D eigenvalue weighted by molar-refractivity contribution is 6.58. The maximum atomic E-state index is 8.93. The van der Waals surface area contributed by atoms with Gasteiger partial charge < -0.3 is 14.8 Å². The zero-order valence-corrected chi connectivity index (χ0v) is 10.1. The molecule has 0 heterocycles. The highest BCUT2D eigenvalue weighted by Gasteiger charge is 2.10. The summed E-state index contributed by atoms with van der Waals surface area (Å²) in [5.74, 6) is 0.499. The van der Waals surface area contributed by atoms with E-state index in [9.17, 15) is 0 Å². The van der Waals surface area contributed by atoms with Crippen molar-refractivity contribution >= 4 is 12.6 Å². The van der Waals surface area contributed by atoms with E-state index in [0.717, 1.165) is 5.56 Å². The normalized spacial score (nSPS) is 12.9. The van der Waals surface area contributed by atoms with E-state index < -0.39 is 7.12 Å². The van der Waals surface area contributed by atoms with Gasteiger partial charge in [-0.3, -0.25) is 0 Å². The first kappa shape index (κ1) is 13.2. The molecule has 1 rings (SSSR count). The van der Waals surface area contributed by atoms with Crippen LogP contribution in [0.4, 0.5) is 0 Å². The molecule has 1 aromatic rings. The van der Waals surface area contributed by atoms with Gasteiger partial charge in [0.15, 0.2) is 0 Å². The monoisotopic (exact) mass is 222 g/mol. The number of hydrogen-bond donors (Lipinski definition) is 2. The molecule has 0 spiro atoms. The average Bonchev–Trinajstić information content (AvgIpc) is 2.26. The van der Waals surface area contributed by atoms with Crippen molar-refractivity contribution in [2.45, 2.75) is 33.5 Å². The molecule has 88 valence electrons. The molecule has 1 aromatic carbocycles. The molecule has 1 unspecified atom stereocenters. The van der Waals surface area contributed by atoms with E-state index >= 15 is 0 Å². The van der Waals surface area contributed by atoms with Gasteiger partial charge in [-0.1, -0.05) is 38.1 Å². The molecular weight excluding hydrogens is 203 g/mol. The molecule has 3 nitrogen and oxygen atoms in total. The fourth-order valence-corrected chi connectivity index (χ4v) is 1.21. The molecule has 0 aliphatic heterocycles. The molecule has 0 saturated heterocycles. The predicted molar refractivity (Wildman–Crippen MR) is 65.4 cm³/mol. The second kappa shape index (κ2) is 6.04. The Balaban J connectivity index is 2.49. The van der Waals surface area contributed by atoms with Crippen LogP contribution in [0.1, 0.15) is 26.3 Å². The van der Waals surface area contributed by atoms with Gasteiger partial charge >= 0.3 is 7.12 Å². The molecule has 0 aliphatic carbocycles. The first-order valence-corrected chi connectivity index (χ1v) is 5.57. The van der Waals surface area contributed by atoms with Gasteiger partial charge in [0.25, 0.3) is 0 Å². The number of hydrogen-bond acceptors (Lipinski definition) is 3. The zero-order valence-electron chi connectivity index (χ0n) is 10.1. The van der Waals surface area contributed by atoms with Crippen molar-refractivity contribution in [3.63, 3.8) is 0 Å². The second-order valence-corrected chi connectivity index (χ2v) is 4.38. The molecule has 1 atom stereocenters. The SMILES string of the molecule is CC(C)C(C)OCc1ccc(B(O)O)cc1. The molecule has 0 aliphatic rings. The van der Waals surface area contributed by atoms with E-state index in [1.54, 1.807) is 12.1 Å². The summed E-state index contributed by atoms with van der Waals surface area (Å²) in [7, 11) is -1.40. The van der Waals surface area contributed by atoms with Gasteiger partial charge in [-0.15, -0.1) is 0 Å². The third-order valence-electron chi connectivity index (χ3n) is 2.73. The van der Waals surface area contributed by atoms with Crippen molar-refractivity contribution < 1.29 is 14.8 Å². The Morgan fingerprint density at radius 1 is 1.12 bits per heavy atom. The van der Waals surface area contributed by atoms with Crippen LogP contribution in [-0.2, 0) is 11.3 Å². The smallest absolute Gasteiger partial charge is 0.423 e. The Morgan fingerprint density at radius 2 is 1.69 bits per heavy atom. The number of ether oxygens (including phenoxy) is 1. The van der Waals surface area contributed by atoms with Crippen LogP contribution in [0.15, 0.2) is 24.3 Å². The number of rotatable bonds is 5. The van der Waals surface area contributed by atoms with Crippen LogP contribution < -0.4 is 5.46 Å². The van der Waals surface area contributed by atoms with Crippen molar-refractivity contribution in [2.24, 2.45) is 5.92 Å². The number of benzene rings is 1. The minimum absolute atomic E-state index is 0.225. The third-order valence-corrected chi connectivity index (χ3v) is 2.73. The summed E-state index contributed by atoms with van der Waals surface area (Å²) in [5, 5.41) is 17.9. The van der Waals surface area contributed by atoms with E-state index in [4.69, 9.17) is 14.8 Å². The summed E-state index contributed by atoms with van der Waals surface area (Å²) in [6.45, 7) is 6.85. The Bertz CT molecular complexity index is 309. The van der Waals surface area contributed by atoms with Crippen molar-refractivity contribution in [2.75, 3.05) is 0 Å². The molecular formula is C12H19BO3. The van der Waals surface area contributed by atoms with Crippen LogP contribution in [0.2, 0.25) is 0 Å². The standard InChI is InChI=1S/C12H19BO3/c1-9(2)10(3)16-8-11-4-6-12(7-5-11)13(14)15/h4-7,9-10,14-15H,8H2,1-3H3. The molecule has 0 fully saturated rings. The Morgan fingerprint density at radius 3 is 2.12 bits per heavy atom. The minimum Gasteiger partial charge on any atom is -0.423 e. The van der Waals surface area contributed by atoms with Crippen LogP contribution in [-0.4, -0.2) is 23.3 Å².